The fourth-order valence-electron chi connectivity index (χ4n) is 1.77. The molecule has 1 aliphatic carbocycles. The average Bonchev–Trinajstić information content (AvgIpc) is 2.28. The van der Waals surface area contributed by atoms with Gasteiger partial charge in [0.1, 0.15) is 0 Å². The molecule has 2 atom stereocenters. The van der Waals surface area contributed by atoms with Gasteiger partial charge >= 0.3 is 80.7 Å². The maximum absolute atomic E-state index is 2.47. The zero-order valence-corrected chi connectivity index (χ0v) is 9.87. The van der Waals surface area contributed by atoms with Crippen LogP contribution in [0.25, 0.3) is 0 Å². The third-order valence-electron chi connectivity index (χ3n) is 2.43. The molecule has 0 radical (unpaired) electrons. The van der Waals surface area contributed by atoms with Crippen molar-refractivity contribution in [3.8, 4) is 0 Å². The molecule has 1 saturated heterocycles. The van der Waals surface area contributed by atoms with E-state index < -0.39 is 0 Å². The minimum atomic E-state index is 0.00657. The summed E-state index contributed by atoms with van der Waals surface area (Å²) < 4.78 is 2.65. The van der Waals surface area contributed by atoms with Crippen LogP contribution in [0, 0.1) is 5.92 Å². The molecule has 2 unspecified atom stereocenters. The van der Waals surface area contributed by atoms with Crippen LogP contribution in [0.1, 0.15) is 19.3 Å². The summed E-state index contributed by atoms with van der Waals surface area (Å²) in [4.78, 5) is 0. The first-order valence-corrected chi connectivity index (χ1v) is 8.51. The van der Waals surface area contributed by atoms with Gasteiger partial charge in [0.15, 0.2) is 0 Å². The van der Waals surface area contributed by atoms with Crippen LogP contribution < -0.4 is 0 Å². The van der Waals surface area contributed by atoms with Crippen molar-refractivity contribution in [3.05, 3.63) is 24.3 Å². The molecule has 2 rings (SSSR count). The standard InChI is InChI=1S/C10H14.Po/c1-2-3-7-10-8-5-4-6-9-10;/h4-6,8-10H,1-3,7H2;. The van der Waals surface area contributed by atoms with Crippen molar-refractivity contribution >= 4 is 23.6 Å². The van der Waals surface area contributed by atoms with Crippen LogP contribution in [0.5, 0.6) is 0 Å². The second-order valence-corrected chi connectivity index (χ2v) is 8.26. The Bertz CT molecular complexity index is 161. The molecular formula is C10H14Po. The number of allylic oxidation sites excluding steroid dienone is 4. The topological polar surface area (TPSA) is 0 Å². The summed E-state index contributed by atoms with van der Waals surface area (Å²) in [6.45, 7) is 0. The zero-order chi connectivity index (χ0) is 7.52. The van der Waals surface area contributed by atoms with Gasteiger partial charge in [-0.25, -0.2) is 0 Å². The Hall–Kier alpha value is 0.376. The van der Waals surface area contributed by atoms with Crippen molar-refractivity contribution < 1.29 is 0 Å². The molecule has 1 fully saturated rings. The molecule has 0 aromatic carbocycles. The molecule has 60 valence electrons. The van der Waals surface area contributed by atoms with Gasteiger partial charge in [0, 0.05) is 0 Å². The van der Waals surface area contributed by atoms with Crippen LogP contribution in [-0.2, 0) is 0 Å². The first-order valence-electron chi connectivity index (χ1n) is 4.43. The molecule has 1 heteroatoms. The van der Waals surface area contributed by atoms with Gasteiger partial charge in [-0.05, 0) is 0 Å². The van der Waals surface area contributed by atoms with E-state index in [1.54, 1.807) is 4.08 Å². The molecule has 0 amide bonds. The van der Waals surface area contributed by atoms with Gasteiger partial charge in [-0.3, -0.25) is 0 Å². The average molecular weight is 343 g/mol. The van der Waals surface area contributed by atoms with Crippen LogP contribution in [0.15, 0.2) is 24.3 Å². The van der Waals surface area contributed by atoms with Crippen molar-refractivity contribution in [3.63, 3.8) is 0 Å². The summed E-state index contributed by atoms with van der Waals surface area (Å²) in [5, 5.41) is 0. The van der Waals surface area contributed by atoms with Crippen LogP contribution in [0.4, 0.5) is 0 Å². The van der Waals surface area contributed by atoms with Crippen molar-refractivity contribution in [1.82, 2.24) is 0 Å². The Morgan fingerprint density at radius 3 is 3.00 bits per heavy atom. The first-order chi connectivity index (χ1) is 5.47. The van der Waals surface area contributed by atoms with Gasteiger partial charge in [-0.2, -0.15) is 0 Å². The molecule has 0 saturated carbocycles. The predicted octanol–water partition coefficient (Wildman–Crippen LogP) is 2.82. The zero-order valence-electron chi connectivity index (χ0n) is 6.70. The van der Waals surface area contributed by atoms with E-state index in [4.69, 9.17) is 0 Å². The van der Waals surface area contributed by atoms with E-state index in [-0.39, 0.29) is 23.6 Å². The number of hydrogen-bond acceptors (Lipinski definition) is 0. The summed E-state index contributed by atoms with van der Waals surface area (Å²) >= 11 is 0.00657. The van der Waals surface area contributed by atoms with Gasteiger partial charge in [0.25, 0.3) is 0 Å². The van der Waals surface area contributed by atoms with Crippen LogP contribution in [0.3, 0.4) is 0 Å². The van der Waals surface area contributed by atoms with Crippen molar-refractivity contribution in [2.45, 2.75) is 26.9 Å². The Labute approximate surface area is 80.5 Å². The second-order valence-electron chi connectivity index (χ2n) is 3.26. The quantitative estimate of drug-likeness (QED) is 0.635. The fraction of sp³-hybridized carbons (Fsp3) is 0.600. The second kappa shape index (κ2) is 3.86. The molecule has 11 heavy (non-hydrogen) atoms. The van der Waals surface area contributed by atoms with Gasteiger partial charge < -0.3 is 0 Å². The van der Waals surface area contributed by atoms with E-state index in [1.165, 1.54) is 19.3 Å². The van der Waals surface area contributed by atoms with Crippen LogP contribution in [0.2, 0.25) is 7.66 Å². The number of fused-ring (bicyclic) bond motifs is 1. The van der Waals surface area contributed by atoms with E-state index in [0.29, 0.717) is 0 Å². The first kappa shape index (κ1) is 8.00. The molecule has 0 aromatic rings. The number of hydrogen-bond donors (Lipinski definition) is 0. The minimum absolute atomic E-state index is 0.00657. The third kappa shape index (κ3) is 1.94. The van der Waals surface area contributed by atoms with Gasteiger partial charge in [0.05, 0.1) is 0 Å². The molecule has 1 heterocycles. The molecule has 0 aromatic heterocycles. The normalized spacial score (nSPS) is 36.4. The van der Waals surface area contributed by atoms with E-state index in [0.717, 1.165) is 9.49 Å². The molecule has 0 N–H and O–H groups in total. The van der Waals surface area contributed by atoms with Crippen molar-refractivity contribution in [2.75, 3.05) is 0 Å². The third-order valence-corrected chi connectivity index (χ3v) is 7.94. The molecule has 0 nitrogen and oxygen atoms in total. The fourth-order valence-corrected chi connectivity index (χ4v) is 6.90. The van der Waals surface area contributed by atoms with Crippen LogP contribution >= 0.6 is 0 Å². The van der Waals surface area contributed by atoms with Gasteiger partial charge in [-0.1, -0.05) is 0 Å². The monoisotopic (exact) mass is 343 g/mol. The summed E-state index contributed by atoms with van der Waals surface area (Å²) in [7, 11) is 0. The van der Waals surface area contributed by atoms with Gasteiger partial charge in [-0.15, -0.1) is 0 Å². The Kier molecular flexibility index (Phi) is 2.80. The SMILES string of the molecule is C1=CC2CCC[CH2][Po][CH]2C=C1. The van der Waals surface area contributed by atoms with E-state index in [2.05, 4.69) is 24.3 Å². The summed E-state index contributed by atoms with van der Waals surface area (Å²) in [6.07, 6.45) is 13.9. The maximum atomic E-state index is 2.47. The van der Waals surface area contributed by atoms with Crippen molar-refractivity contribution in [1.29, 1.82) is 0 Å². The van der Waals surface area contributed by atoms with Gasteiger partial charge in [0.2, 0.25) is 0 Å². The Morgan fingerprint density at radius 2 is 2.00 bits per heavy atom. The summed E-state index contributed by atoms with van der Waals surface area (Å²) in [6, 6.07) is 0. The van der Waals surface area contributed by atoms with Crippen LogP contribution in [-0.4, -0.2) is 23.6 Å². The number of rotatable bonds is 0. The molecule has 0 spiro atoms. The molecule has 2 aliphatic rings. The predicted molar refractivity (Wildman–Crippen MR) is 49.9 cm³/mol. The molecular weight excluding hydrogens is 329 g/mol. The van der Waals surface area contributed by atoms with E-state index >= 15 is 0 Å². The van der Waals surface area contributed by atoms with E-state index in [9.17, 15) is 0 Å². The molecule has 1 aliphatic heterocycles. The summed E-state index contributed by atoms with van der Waals surface area (Å²) in [5.41, 5.74) is 0. The Morgan fingerprint density at radius 1 is 1.09 bits per heavy atom. The Balaban J connectivity index is 2.07. The van der Waals surface area contributed by atoms with E-state index in [1.807, 2.05) is 0 Å². The summed E-state index contributed by atoms with van der Waals surface area (Å²) in [5.74, 6) is 0.951. The van der Waals surface area contributed by atoms with Crippen molar-refractivity contribution in [2.24, 2.45) is 5.92 Å². The molecule has 0 bridgehead atoms.